The average Bonchev–Trinajstić information content (AvgIpc) is 2.74. The van der Waals surface area contributed by atoms with Crippen LogP contribution in [0.2, 0.25) is 0 Å². The maximum absolute atomic E-state index is 11.9. The molecule has 0 spiro atoms. The zero-order chi connectivity index (χ0) is 20.4. The standard InChI is InChI=1S/C22H29N3O4/c1-27-18-9-4-6-15(10-18)12-25-13-16-7-5-8-17(14-25)22(16,26)19-11-23-21(29-3)24-20(19)28-2/h4,6,9-11,16-17,26H,5,7-8,12-14H2,1-3H3/t16-,17-/m0/s1. The summed E-state index contributed by atoms with van der Waals surface area (Å²) in [4.78, 5) is 11.0. The van der Waals surface area contributed by atoms with E-state index in [4.69, 9.17) is 14.2 Å². The van der Waals surface area contributed by atoms with Gasteiger partial charge in [0.1, 0.15) is 11.4 Å². The Labute approximate surface area is 171 Å². The molecule has 2 aromatic rings. The van der Waals surface area contributed by atoms with Crippen molar-refractivity contribution in [2.24, 2.45) is 11.8 Å². The number of hydrogen-bond acceptors (Lipinski definition) is 7. The SMILES string of the molecule is COc1cccc(CN2C[C@@H]3CCC[C@@H](C2)C3(O)c2cnc(OC)nc2OC)c1. The van der Waals surface area contributed by atoms with Crippen molar-refractivity contribution in [1.82, 2.24) is 14.9 Å². The van der Waals surface area contributed by atoms with E-state index in [9.17, 15) is 5.11 Å². The Morgan fingerprint density at radius 1 is 1.10 bits per heavy atom. The minimum atomic E-state index is -0.985. The Hall–Kier alpha value is -2.38. The summed E-state index contributed by atoms with van der Waals surface area (Å²) >= 11 is 0. The lowest BCUT2D eigenvalue weighted by Gasteiger charge is -2.53. The van der Waals surface area contributed by atoms with E-state index in [-0.39, 0.29) is 17.8 Å². The average molecular weight is 399 g/mol. The lowest BCUT2D eigenvalue weighted by atomic mass is 9.63. The van der Waals surface area contributed by atoms with Crippen molar-refractivity contribution in [3.8, 4) is 17.6 Å². The minimum absolute atomic E-state index is 0.103. The van der Waals surface area contributed by atoms with Crippen molar-refractivity contribution in [3.05, 3.63) is 41.6 Å². The van der Waals surface area contributed by atoms with Crippen molar-refractivity contribution in [1.29, 1.82) is 0 Å². The number of aliphatic hydroxyl groups is 1. The van der Waals surface area contributed by atoms with Gasteiger partial charge in [-0.3, -0.25) is 4.90 Å². The Morgan fingerprint density at radius 2 is 1.86 bits per heavy atom. The summed E-state index contributed by atoms with van der Waals surface area (Å²) < 4.78 is 16.0. The van der Waals surface area contributed by atoms with Gasteiger partial charge in [-0.2, -0.15) is 4.98 Å². The van der Waals surface area contributed by atoms with E-state index in [0.717, 1.165) is 44.6 Å². The number of rotatable bonds is 6. The number of fused-ring (bicyclic) bond motifs is 2. The van der Waals surface area contributed by atoms with Crippen LogP contribution in [0.1, 0.15) is 30.4 Å². The Bertz CT molecular complexity index is 846. The first-order valence-corrected chi connectivity index (χ1v) is 10.1. The molecule has 2 bridgehead atoms. The predicted molar refractivity (Wildman–Crippen MR) is 108 cm³/mol. The van der Waals surface area contributed by atoms with Crippen LogP contribution in [0.15, 0.2) is 30.5 Å². The maximum atomic E-state index is 11.9. The third-order valence-electron chi connectivity index (χ3n) is 6.39. The molecule has 0 unspecified atom stereocenters. The molecule has 0 amide bonds. The molecule has 1 saturated carbocycles. The first-order valence-electron chi connectivity index (χ1n) is 10.1. The van der Waals surface area contributed by atoms with Gasteiger partial charge in [-0.15, -0.1) is 0 Å². The number of benzene rings is 1. The fourth-order valence-corrected chi connectivity index (χ4v) is 5.02. The molecule has 2 heterocycles. The van der Waals surface area contributed by atoms with Crippen LogP contribution in [0.5, 0.6) is 17.6 Å². The van der Waals surface area contributed by atoms with Crippen molar-refractivity contribution in [2.75, 3.05) is 34.4 Å². The molecule has 1 aromatic carbocycles. The topological polar surface area (TPSA) is 76.9 Å². The van der Waals surface area contributed by atoms with Gasteiger partial charge in [-0.05, 0) is 30.5 Å². The number of hydrogen-bond donors (Lipinski definition) is 1. The number of methoxy groups -OCH3 is 3. The van der Waals surface area contributed by atoms with Gasteiger partial charge in [0.25, 0.3) is 0 Å². The Kier molecular flexibility index (Phi) is 5.61. The maximum Gasteiger partial charge on any atom is 0.319 e. The van der Waals surface area contributed by atoms with Crippen molar-refractivity contribution < 1.29 is 19.3 Å². The molecule has 1 aliphatic carbocycles. The second-order valence-corrected chi connectivity index (χ2v) is 7.98. The van der Waals surface area contributed by atoms with E-state index in [0.29, 0.717) is 11.4 Å². The summed E-state index contributed by atoms with van der Waals surface area (Å²) in [7, 11) is 4.78. The molecule has 1 N–H and O–H groups in total. The molecular weight excluding hydrogens is 370 g/mol. The molecule has 29 heavy (non-hydrogen) atoms. The monoisotopic (exact) mass is 399 g/mol. The van der Waals surface area contributed by atoms with Crippen molar-refractivity contribution >= 4 is 0 Å². The van der Waals surface area contributed by atoms with Crippen LogP contribution in [0.25, 0.3) is 0 Å². The number of likely N-dealkylation sites (tertiary alicyclic amines) is 1. The number of piperidine rings is 1. The summed E-state index contributed by atoms with van der Waals surface area (Å²) in [5.41, 5.74) is 0.913. The van der Waals surface area contributed by atoms with Gasteiger partial charge in [0.05, 0.1) is 26.9 Å². The summed E-state index contributed by atoms with van der Waals surface area (Å²) in [6, 6.07) is 8.43. The molecule has 156 valence electrons. The highest BCUT2D eigenvalue weighted by atomic mass is 16.5. The highest BCUT2D eigenvalue weighted by Crippen LogP contribution is 2.51. The van der Waals surface area contributed by atoms with E-state index in [1.807, 2.05) is 12.1 Å². The largest absolute Gasteiger partial charge is 0.497 e. The molecule has 1 saturated heterocycles. The first-order chi connectivity index (χ1) is 14.1. The van der Waals surface area contributed by atoms with E-state index >= 15 is 0 Å². The van der Waals surface area contributed by atoms with E-state index in [1.54, 1.807) is 20.4 Å². The van der Waals surface area contributed by atoms with Crippen LogP contribution in [-0.2, 0) is 12.1 Å². The van der Waals surface area contributed by atoms with Gasteiger partial charge >= 0.3 is 6.01 Å². The van der Waals surface area contributed by atoms with Crippen LogP contribution in [0, 0.1) is 11.8 Å². The molecule has 2 fully saturated rings. The molecule has 1 aliphatic heterocycles. The quantitative estimate of drug-likeness (QED) is 0.800. The smallest absolute Gasteiger partial charge is 0.319 e. The summed E-state index contributed by atoms with van der Waals surface area (Å²) in [5.74, 6) is 1.48. The first kappa shape index (κ1) is 19.9. The summed E-state index contributed by atoms with van der Waals surface area (Å²) in [5, 5.41) is 11.9. The number of nitrogens with zero attached hydrogens (tertiary/aromatic N) is 3. The molecule has 1 aromatic heterocycles. The third kappa shape index (κ3) is 3.65. The van der Waals surface area contributed by atoms with Gasteiger partial charge in [-0.1, -0.05) is 18.6 Å². The zero-order valence-corrected chi connectivity index (χ0v) is 17.3. The fraction of sp³-hybridized carbons (Fsp3) is 0.545. The van der Waals surface area contributed by atoms with Gasteiger partial charge < -0.3 is 19.3 Å². The minimum Gasteiger partial charge on any atom is -0.497 e. The normalized spacial score (nSPS) is 26.8. The third-order valence-corrected chi connectivity index (χ3v) is 6.39. The lowest BCUT2D eigenvalue weighted by Crippen LogP contribution is -2.58. The molecule has 4 rings (SSSR count). The summed E-state index contributed by atoms with van der Waals surface area (Å²) in [6.07, 6.45) is 4.74. The highest BCUT2D eigenvalue weighted by Gasteiger charge is 2.53. The van der Waals surface area contributed by atoms with E-state index in [1.165, 1.54) is 12.7 Å². The second kappa shape index (κ2) is 8.16. The number of ether oxygens (including phenoxy) is 3. The Morgan fingerprint density at radius 3 is 2.52 bits per heavy atom. The molecule has 7 heteroatoms. The highest BCUT2D eigenvalue weighted by molar-refractivity contribution is 5.35. The van der Waals surface area contributed by atoms with Gasteiger partial charge in [0.15, 0.2) is 0 Å². The second-order valence-electron chi connectivity index (χ2n) is 7.98. The molecule has 7 nitrogen and oxygen atoms in total. The molecular formula is C22H29N3O4. The van der Waals surface area contributed by atoms with E-state index in [2.05, 4.69) is 27.0 Å². The van der Waals surface area contributed by atoms with Crippen LogP contribution < -0.4 is 14.2 Å². The zero-order valence-electron chi connectivity index (χ0n) is 17.3. The van der Waals surface area contributed by atoms with Gasteiger partial charge in [-0.25, -0.2) is 4.98 Å². The lowest BCUT2D eigenvalue weighted by molar-refractivity contribution is -0.149. The van der Waals surface area contributed by atoms with Crippen LogP contribution >= 0.6 is 0 Å². The fourth-order valence-electron chi connectivity index (χ4n) is 5.02. The van der Waals surface area contributed by atoms with Gasteiger partial charge in [0, 0.05) is 37.7 Å². The van der Waals surface area contributed by atoms with Crippen LogP contribution in [0.3, 0.4) is 0 Å². The van der Waals surface area contributed by atoms with Crippen molar-refractivity contribution in [2.45, 2.75) is 31.4 Å². The van der Waals surface area contributed by atoms with E-state index < -0.39 is 5.60 Å². The summed E-state index contributed by atoms with van der Waals surface area (Å²) in [6.45, 7) is 2.48. The molecule has 2 aliphatic rings. The predicted octanol–water partition coefficient (Wildman–Crippen LogP) is 2.62. The Balaban J connectivity index is 1.60. The van der Waals surface area contributed by atoms with Crippen LogP contribution in [0.4, 0.5) is 0 Å². The van der Waals surface area contributed by atoms with Crippen molar-refractivity contribution in [3.63, 3.8) is 0 Å². The molecule has 0 radical (unpaired) electrons. The van der Waals surface area contributed by atoms with Gasteiger partial charge in [0.2, 0.25) is 5.88 Å². The number of aromatic nitrogens is 2. The molecule has 2 atom stereocenters. The van der Waals surface area contributed by atoms with Crippen LogP contribution in [-0.4, -0.2) is 54.4 Å².